The molecule has 0 saturated carbocycles. The lowest BCUT2D eigenvalue weighted by atomic mass is 9.87. The Hall–Kier alpha value is -7.04. The summed E-state index contributed by atoms with van der Waals surface area (Å²) in [6.07, 6.45) is 4.04. The Kier molecular flexibility index (Phi) is 7.10. The van der Waals surface area contributed by atoms with Crippen LogP contribution in [-0.2, 0) is 0 Å². The zero-order valence-corrected chi connectivity index (χ0v) is 28.3. The molecule has 10 rings (SSSR count). The SMILES string of the molecule is c1ccc(/C(=C(\c2ccccc2)c2ccc(-n3c4ccccc4c4ccccc43)nc2)c2ccc(-n3c4ccccc4c4ccccc43)nc2)cc1. The molecule has 0 fully saturated rings. The van der Waals surface area contributed by atoms with Crippen LogP contribution in [0, 0.1) is 0 Å². The molecule has 52 heavy (non-hydrogen) atoms. The maximum absolute atomic E-state index is 5.15. The van der Waals surface area contributed by atoms with Crippen molar-refractivity contribution in [2.45, 2.75) is 0 Å². The summed E-state index contributed by atoms with van der Waals surface area (Å²) in [7, 11) is 0. The van der Waals surface area contributed by atoms with Crippen LogP contribution >= 0.6 is 0 Å². The molecule has 0 saturated heterocycles. The molecular weight excluding hydrogens is 633 g/mol. The summed E-state index contributed by atoms with van der Waals surface area (Å²) in [5.74, 6) is 1.76. The Morgan fingerprint density at radius 3 is 0.904 bits per heavy atom. The van der Waals surface area contributed by atoms with Gasteiger partial charge in [0.1, 0.15) is 11.6 Å². The molecule has 4 heteroatoms. The second-order valence-electron chi connectivity index (χ2n) is 13.0. The van der Waals surface area contributed by atoms with Crippen molar-refractivity contribution in [1.82, 2.24) is 19.1 Å². The topological polar surface area (TPSA) is 35.6 Å². The van der Waals surface area contributed by atoms with Crippen molar-refractivity contribution in [2.24, 2.45) is 0 Å². The second-order valence-corrected chi connectivity index (χ2v) is 13.0. The molecule has 4 heterocycles. The molecule has 0 radical (unpaired) electrons. The highest BCUT2D eigenvalue weighted by Crippen LogP contribution is 2.38. The van der Waals surface area contributed by atoms with E-state index in [2.05, 4.69) is 191 Å². The molecule has 0 spiro atoms. The number of hydrogen-bond acceptors (Lipinski definition) is 2. The summed E-state index contributed by atoms with van der Waals surface area (Å²) in [5.41, 5.74) is 11.0. The van der Waals surface area contributed by atoms with Crippen LogP contribution in [0.25, 0.3) is 66.4 Å². The van der Waals surface area contributed by atoms with Gasteiger partial charge in [0.15, 0.2) is 0 Å². The number of nitrogens with zero attached hydrogens (tertiary/aromatic N) is 4. The fourth-order valence-corrected chi connectivity index (χ4v) is 7.79. The van der Waals surface area contributed by atoms with E-state index in [1.165, 1.54) is 21.5 Å². The van der Waals surface area contributed by atoms with Crippen molar-refractivity contribution in [3.05, 3.63) is 217 Å². The van der Waals surface area contributed by atoms with Crippen LogP contribution in [0.5, 0.6) is 0 Å². The Labute approximate surface area is 301 Å². The van der Waals surface area contributed by atoms with Gasteiger partial charge in [0.25, 0.3) is 0 Å². The molecule has 0 aliphatic rings. The van der Waals surface area contributed by atoms with Crippen LogP contribution in [-0.4, -0.2) is 19.1 Å². The molecular formula is C48H32N4. The average Bonchev–Trinajstić information content (AvgIpc) is 3.74. The quantitative estimate of drug-likeness (QED) is 0.166. The van der Waals surface area contributed by atoms with E-state index in [0.717, 1.165) is 67.1 Å². The number of benzene rings is 6. The first kappa shape index (κ1) is 29.8. The molecule has 0 atom stereocenters. The maximum Gasteiger partial charge on any atom is 0.137 e. The van der Waals surface area contributed by atoms with E-state index >= 15 is 0 Å². The third-order valence-corrected chi connectivity index (χ3v) is 10.1. The van der Waals surface area contributed by atoms with E-state index in [1.54, 1.807) is 0 Å². The molecule has 10 aromatic rings. The predicted molar refractivity (Wildman–Crippen MR) is 215 cm³/mol. The van der Waals surface area contributed by atoms with Crippen LogP contribution < -0.4 is 0 Å². The second kappa shape index (κ2) is 12.4. The highest BCUT2D eigenvalue weighted by Gasteiger charge is 2.19. The van der Waals surface area contributed by atoms with E-state index < -0.39 is 0 Å². The van der Waals surface area contributed by atoms with E-state index in [1.807, 2.05) is 12.4 Å². The van der Waals surface area contributed by atoms with Crippen LogP contribution in [0.15, 0.2) is 194 Å². The summed E-state index contributed by atoms with van der Waals surface area (Å²) >= 11 is 0. The lowest BCUT2D eigenvalue weighted by Crippen LogP contribution is -2.02. The van der Waals surface area contributed by atoms with Crippen molar-refractivity contribution < 1.29 is 0 Å². The average molecular weight is 665 g/mol. The standard InChI is InChI=1S/C48H32N4/c1-3-15-33(16-4-1)47(35-27-29-45(49-31-35)51-41-23-11-7-19-37(41)38-20-8-12-24-42(38)51)48(34-17-5-2-6-18-34)36-28-30-46(50-32-36)52-43-25-13-9-21-39(43)40-22-10-14-26-44(40)52/h1-32H/b48-47-. The molecule has 0 bridgehead atoms. The molecule has 0 amide bonds. The summed E-state index contributed by atoms with van der Waals surface area (Å²) in [6.45, 7) is 0. The van der Waals surface area contributed by atoms with Crippen molar-refractivity contribution in [1.29, 1.82) is 0 Å². The number of hydrogen-bond donors (Lipinski definition) is 0. The lowest BCUT2D eigenvalue weighted by molar-refractivity contribution is 1.07. The smallest absolute Gasteiger partial charge is 0.137 e. The van der Waals surface area contributed by atoms with Gasteiger partial charge in [0, 0.05) is 45.1 Å². The van der Waals surface area contributed by atoms with Gasteiger partial charge in [0.05, 0.1) is 22.1 Å². The maximum atomic E-state index is 5.15. The van der Waals surface area contributed by atoms with Crippen molar-refractivity contribution in [2.75, 3.05) is 0 Å². The molecule has 6 aromatic carbocycles. The fraction of sp³-hybridized carbons (Fsp3) is 0. The van der Waals surface area contributed by atoms with Gasteiger partial charge in [0.2, 0.25) is 0 Å². The molecule has 4 nitrogen and oxygen atoms in total. The van der Waals surface area contributed by atoms with Gasteiger partial charge in [-0.1, -0.05) is 133 Å². The van der Waals surface area contributed by atoms with Crippen LogP contribution in [0.2, 0.25) is 0 Å². The normalized spacial score (nSPS) is 12.2. The molecule has 244 valence electrons. The number of rotatable bonds is 6. The van der Waals surface area contributed by atoms with Gasteiger partial charge in [-0.15, -0.1) is 0 Å². The Morgan fingerprint density at radius 2 is 0.596 bits per heavy atom. The third kappa shape index (κ3) is 4.84. The van der Waals surface area contributed by atoms with Crippen molar-refractivity contribution >= 4 is 54.8 Å². The third-order valence-electron chi connectivity index (χ3n) is 10.1. The highest BCUT2D eigenvalue weighted by molar-refractivity contribution is 6.10. The fourth-order valence-electron chi connectivity index (χ4n) is 7.79. The van der Waals surface area contributed by atoms with E-state index in [-0.39, 0.29) is 0 Å². The van der Waals surface area contributed by atoms with E-state index in [4.69, 9.17) is 9.97 Å². The molecule has 0 aliphatic heterocycles. The van der Waals surface area contributed by atoms with Gasteiger partial charge in [-0.05, 0) is 70.8 Å². The van der Waals surface area contributed by atoms with Gasteiger partial charge in [-0.2, -0.15) is 0 Å². The zero-order valence-electron chi connectivity index (χ0n) is 28.3. The molecule has 4 aromatic heterocycles. The van der Waals surface area contributed by atoms with Gasteiger partial charge in [-0.25, -0.2) is 9.97 Å². The Bertz CT molecular complexity index is 2610. The minimum Gasteiger partial charge on any atom is -0.294 e. The predicted octanol–water partition coefficient (Wildman–Crippen LogP) is 11.7. The van der Waals surface area contributed by atoms with E-state index in [0.29, 0.717) is 0 Å². The van der Waals surface area contributed by atoms with Crippen LogP contribution in [0.4, 0.5) is 0 Å². The minimum atomic E-state index is 0.881. The Balaban J connectivity index is 1.17. The largest absolute Gasteiger partial charge is 0.294 e. The zero-order chi connectivity index (χ0) is 34.4. The number of fused-ring (bicyclic) bond motifs is 6. The van der Waals surface area contributed by atoms with Gasteiger partial charge >= 0.3 is 0 Å². The highest BCUT2D eigenvalue weighted by atomic mass is 15.1. The summed E-state index contributed by atoms with van der Waals surface area (Å²) < 4.78 is 4.52. The first-order valence-corrected chi connectivity index (χ1v) is 17.6. The summed E-state index contributed by atoms with van der Waals surface area (Å²) in [4.78, 5) is 10.3. The number of pyridine rings is 2. The summed E-state index contributed by atoms with van der Waals surface area (Å²) in [5, 5.41) is 4.88. The first-order valence-electron chi connectivity index (χ1n) is 17.6. The molecule has 0 unspecified atom stereocenters. The molecule has 0 N–H and O–H groups in total. The van der Waals surface area contributed by atoms with Crippen LogP contribution in [0.3, 0.4) is 0 Å². The van der Waals surface area contributed by atoms with E-state index in [9.17, 15) is 0 Å². The first-order chi connectivity index (χ1) is 25.8. The Morgan fingerprint density at radius 1 is 0.288 bits per heavy atom. The summed E-state index contributed by atoms with van der Waals surface area (Å²) in [6, 6.07) is 64.1. The number of para-hydroxylation sites is 4. The monoisotopic (exact) mass is 664 g/mol. The minimum absolute atomic E-state index is 0.881. The van der Waals surface area contributed by atoms with Gasteiger partial charge < -0.3 is 0 Å². The van der Waals surface area contributed by atoms with Crippen LogP contribution in [0.1, 0.15) is 22.3 Å². The van der Waals surface area contributed by atoms with Crippen molar-refractivity contribution in [3.63, 3.8) is 0 Å². The number of aromatic nitrogens is 4. The molecule has 0 aliphatic carbocycles. The lowest BCUT2D eigenvalue weighted by Gasteiger charge is -2.18. The van der Waals surface area contributed by atoms with Crippen molar-refractivity contribution in [3.8, 4) is 11.6 Å². The van der Waals surface area contributed by atoms with Gasteiger partial charge in [-0.3, -0.25) is 9.13 Å².